The molecular weight excluding hydrogens is 368 g/mol. The van der Waals surface area contributed by atoms with Crippen molar-refractivity contribution in [3.63, 3.8) is 0 Å². The molecule has 3 rings (SSSR count). The van der Waals surface area contributed by atoms with Crippen molar-refractivity contribution in [2.45, 2.75) is 25.3 Å². The van der Waals surface area contributed by atoms with Gasteiger partial charge >= 0.3 is 0 Å². The molecule has 2 aromatic carbocycles. The summed E-state index contributed by atoms with van der Waals surface area (Å²) in [6, 6.07) is 11.2. The number of nitrogens with zero attached hydrogens (tertiary/aromatic N) is 3. The maximum Gasteiger partial charge on any atom is 0.290 e. The smallest absolute Gasteiger partial charge is 0.279 e. The monoisotopic (exact) mass is 386 g/mol. The fourth-order valence-corrected chi connectivity index (χ4v) is 3.94. The molecule has 0 spiro atoms. The molecule has 0 saturated heterocycles. The molecule has 140 valence electrons. The van der Waals surface area contributed by atoms with E-state index in [0.29, 0.717) is 23.4 Å². The normalized spacial score (nSPS) is 11.3. The van der Waals surface area contributed by atoms with E-state index in [4.69, 9.17) is 0 Å². The van der Waals surface area contributed by atoms with E-state index in [0.717, 1.165) is 5.56 Å². The molecule has 0 amide bonds. The van der Waals surface area contributed by atoms with Gasteiger partial charge in [0.25, 0.3) is 15.7 Å². The second kappa shape index (κ2) is 7.20. The number of anilines is 1. The second-order valence-corrected chi connectivity index (χ2v) is 7.82. The third-order valence-electron chi connectivity index (χ3n) is 4.14. The molecule has 0 aliphatic heterocycles. The number of sulfonamides is 1. The van der Waals surface area contributed by atoms with E-state index < -0.39 is 20.6 Å². The van der Waals surface area contributed by atoms with Crippen LogP contribution in [0.2, 0.25) is 0 Å². The lowest BCUT2D eigenvalue weighted by Gasteiger charge is -2.11. The number of rotatable bonds is 6. The van der Waals surface area contributed by atoms with Crippen molar-refractivity contribution in [3.05, 3.63) is 81.7 Å². The van der Waals surface area contributed by atoms with Crippen LogP contribution in [0.15, 0.2) is 59.8 Å². The molecule has 0 aliphatic rings. The summed E-state index contributed by atoms with van der Waals surface area (Å²) in [6.07, 6.45) is 3.46. The number of aromatic nitrogens is 2. The van der Waals surface area contributed by atoms with Crippen molar-refractivity contribution >= 4 is 21.4 Å². The summed E-state index contributed by atoms with van der Waals surface area (Å²) in [5.74, 6) is 0. The molecule has 1 aromatic heterocycles. The molecule has 9 heteroatoms. The van der Waals surface area contributed by atoms with Crippen molar-refractivity contribution in [1.29, 1.82) is 0 Å². The average molecular weight is 386 g/mol. The highest BCUT2D eigenvalue weighted by molar-refractivity contribution is 7.92. The van der Waals surface area contributed by atoms with E-state index in [2.05, 4.69) is 9.82 Å². The summed E-state index contributed by atoms with van der Waals surface area (Å²) in [5.41, 5.74) is 2.04. The Morgan fingerprint density at radius 1 is 1.15 bits per heavy atom. The lowest BCUT2D eigenvalue weighted by atomic mass is 10.1. The molecule has 0 radical (unpaired) electrons. The molecule has 1 N–H and O–H groups in total. The number of nitro groups is 1. The highest BCUT2D eigenvalue weighted by atomic mass is 32.2. The van der Waals surface area contributed by atoms with Gasteiger partial charge in [-0.05, 0) is 54.8 Å². The first-order valence-corrected chi connectivity index (χ1v) is 9.59. The fourth-order valence-electron chi connectivity index (χ4n) is 2.66. The van der Waals surface area contributed by atoms with E-state index in [1.54, 1.807) is 55.2 Å². The number of hydrogen-bond donors (Lipinski definition) is 1. The predicted molar refractivity (Wildman–Crippen MR) is 101 cm³/mol. The first-order chi connectivity index (χ1) is 12.8. The van der Waals surface area contributed by atoms with Gasteiger partial charge in [-0.1, -0.05) is 12.1 Å². The van der Waals surface area contributed by atoms with Crippen LogP contribution in [0.1, 0.15) is 16.7 Å². The van der Waals surface area contributed by atoms with Crippen LogP contribution in [0.3, 0.4) is 0 Å². The minimum Gasteiger partial charge on any atom is -0.279 e. The van der Waals surface area contributed by atoms with Crippen LogP contribution in [0, 0.1) is 24.0 Å². The van der Waals surface area contributed by atoms with Crippen LogP contribution in [0.25, 0.3) is 0 Å². The van der Waals surface area contributed by atoms with E-state index >= 15 is 0 Å². The van der Waals surface area contributed by atoms with Gasteiger partial charge in [-0.15, -0.1) is 0 Å². The summed E-state index contributed by atoms with van der Waals surface area (Å²) in [5, 5.41) is 15.4. The van der Waals surface area contributed by atoms with Crippen LogP contribution in [0.4, 0.5) is 11.4 Å². The zero-order chi connectivity index (χ0) is 19.6. The number of nitrogens with one attached hydrogen (secondary N) is 1. The van der Waals surface area contributed by atoms with Crippen molar-refractivity contribution in [2.24, 2.45) is 0 Å². The first-order valence-electron chi connectivity index (χ1n) is 8.11. The summed E-state index contributed by atoms with van der Waals surface area (Å²) in [4.78, 5) is 10.3. The Morgan fingerprint density at radius 2 is 1.89 bits per heavy atom. The van der Waals surface area contributed by atoms with Gasteiger partial charge in [-0.25, -0.2) is 8.42 Å². The lowest BCUT2D eigenvalue weighted by Crippen LogP contribution is -2.15. The van der Waals surface area contributed by atoms with Crippen LogP contribution >= 0.6 is 0 Å². The van der Waals surface area contributed by atoms with Gasteiger partial charge in [0.05, 0.1) is 11.5 Å². The molecule has 0 bridgehead atoms. The van der Waals surface area contributed by atoms with E-state index in [1.165, 1.54) is 12.1 Å². The molecule has 27 heavy (non-hydrogen) atoms. The SMILES string of the molecule is Cc1cc([N+](=O)[O-])c(S(=O)(=O)Nc2cccc(Cn3cccn3)c2)cc1C. The van der Waals surface area contributed by atoms with Gasteiger partial charge in [0, 0.05) is 24.1 Å². The number of benzene rings is 2. The van der Waals surface area contributed by atoms with E-state index in [9.17, 15) is 18.5 Å². The predicted octanol–water partition coefficient (Wildman–Crippen LogP) is 3.26. The standard InChI is InChI=1S/C18H18N4O4S/c1-13-9-17(22(23)24)18(10-14(13)2)27(25,26)20-16-6-3-5-15(11-16)12-21-8-4-7-19-21/h3-11,20H,12H2,1-2H3. The first kappa shape index (κ1) is 18.6. The summed E-state index contributed by atoms with van der Waals surface area (Å²) < 4.78 is 29.7. The molecule has 0 atom stereocenters. The van der Waals surface area contributed by atoms with Crippen molar-refractivity contribution in [3.8, 4) is 0 Å². The Morgan fingerprint density at radius 3 is 2.56 bits per heavy atom. The number of aryl methyl sites for hydroxylation is 2. The van der Waals surface area contributed by atoms with Gasteiger partial charge < -0.3 is 0 Å². The zero-order valence-electron chi connectivity index (χ0n) is 14.8. The van der Waals surface area contributed by atoms with Gasteiger partial charge in [-0.2, -0.15) is 5.10 Å². The number of hydrogen-bond acceptors (Lipinski definition) is 5. The zero-order valence-corrected chi connectivity index (χ0v) is 15.6. The highest BCUT2D eigenvalue weighted by Crippen LogP contribution is 2.29. The second-order valence-electron chi connectivity index (χ2n) is 6.17. The topological polar surface area (TPSA) is 107 Å². The highest BCUT2D eigenvalue weighted by Gasteiger charge is 2.27. The summed E-state index contributed by atoms with van der Waals surface area (Å²) in [7, 11) is -4.12. The van der Waals surface area contributed by atoms with Gasteiger partial charge in [0.1, 0.15) is 0 Å². The summed E-state index contributed by atoms with van der Waals surface area (Å²) in [6.45, 7) is 3.89. The van der Waals surface area contributed by atoms with Gasteiger partial charge in [0.15, 0.2) is 4.90 Å². The Kier molecular flexibility index (Phi) is 4.95. The Hall–Kier alpha value is -3.20. The fraction of sp³-hybridized carbons (Fsp3) is 0.167. The maximum atomic E-state index is 12.8. The van der Waals surface area contributed by atoms with E-state index in [-0.39, 0.29) is 4.90 Å². The quantitative estimate of drug-likeness (QED) is 0.517. The maximum absolute atomic E-state index is 12.8. The van der Waals surface area contributed by atoms with Crippen LogP contribution < -0.4 is 4.72 Å². The van der Waals surface area contributed by atoms with E-state index in [1.807, 2.05) is 6.07 Å². The molecule has 0 unspecified atom stereocenters. The largest absolute Gasteiger partial charge is 0.290 e. The molecule has 1 heterocycles. The minimum absolute atomic E-state index is 0.326. The molecule has 3 aromatic rings. The Balaban J connectivity index is 1.93. The molecule has 0 saturated carbocycles. The third kappa shape index (κ3) is 4.14. The molecule has 0 fully saturated rings. The van der Waals surface area contributed by atoms with Crippen molar-refractivity contribution < 1.29 is 13.3 Å². The van der Waals surface area contributed by atoms with Crippen LogP contribution in [0.5, 0.6) is 0 Å². The Bertz CT molecular complexity index is 1090. The lowest BCUT2D eigenvalue weighted by molar-refractivity contribution is -0.387. The van der Waals surface area contributed by atoms with Crippen molar-refractivity contribution in [2.75, 3.05) is 4.72 Å². The van der Waals surface area contributed by atoms with Gasteiger partial charge in [0.2, 0.25) is 0 Å². The van der Waals surface area contributed by atoms with Gasteiger partial charge in [-0.3, -0.25) is 19.5 Å². The third-order valence-corrected chi connectivity index (χ3v) is 5.55. The summed E-state index contributed by atoms with van der Waals surface area (Å²) >= 11 is 0. The Labute approximate surface area is 156 Å². The molecule has 0 aliphatic carbocycles. The van der Waals surface area contributed by atoms with Crippen molar-refractivity contribution in [1.82, 2.24) is 9.78 Å². The number of nitro benzene ring substituents is 1. The molecule has 8 nitrogen and oxygen atoms in total. The molecular formula is C18H18N4O4S. The van der Waals surface area contributed by atoms with Crippen LogP contribution in [-0.2, 0) is 16.6 Å². The average Bonchev–Trinajstić information content (AvgIpc) is 3.09. The van der Waals surface area contributed by atoms with Crippen LogP contribution in [-0.4, -0.2) is 23.1 Å². The minimum atomic E-state index is -4.12.